The van der Waals surface area contributed by atoms with Crippen molar-refractivity contribution in [3.05, 3.63) is 69.8 Å². The van der Waals surface area contributed by atoms with Gasteiger partial charge in [0.05, 0.1) is 63.9 Å². The number of aromatic hydroxyl groups is 1. The fourth-order valence-corrected chi connectivity index (χ4v) is 6.77. The van der Waals surface area contributed by atoms with E-state index in [0.29, 0.717) is 23.9 Å². The molecule has 0 amide bonds. The summed E-state index contributed by atoms with van der Waals surface area (Å²) in [7, 11) is 4.84. The largest absolute Gasteiger partial charge is 0.507 e. The molecule has 5 aliphatic rings. The van der Waals surface area contributed by atoms with E-state index in [4.69, 9.17) is 33.2 Å². The molecular formula is C33H28O12. The molecule has 0 saturated carbocycles. The van der Waals surface area contributed by atoms with Crippen molar-refractivity contribution in [2.75, 3.05) is 27.9 Å². The number of phenols is 1. The van der Waals surface area contributed by atoms with Gasteiger partial charge in [-0.25, -0.2) is 0 Å². The van der Waals surface area contributed by atoms with Crippen molar-refractivity contribution < 1.29 is 57.4 Å². The molecule has 4 heterocycles. The lowest BCUT2D eigenvalue weighted by Crippen LogP contribution is -2.41. The number of ether oxygens (including phenoxy) is 7. The van der Waals surface area contributed by atoms with Gasteiger partial charge < -0.3 is 38.3 Å². The van der Waals surface area contributed by atoms with Gasteiger partial charge in [-0.05, 0) is 12.1 Å². The van der Waals surface area contributed by atoms with Crippen LogP contribution in [0.4, 0.5) is 0 Å². The first-order chi connectivity index (χ1) is 21.8. The van der Waals surface area contributed by atoms with E-state index >= 15 is 0 Å². The predicted octanol–water partition coefficient (Wildman–Crippen LogP) is 3.53. The van der Waals surface area contributed by atoms with Crippen molar-refractivity contribution in [2.45, 2.75) is 43.9 Å². The number of hydrogen-bond donors (Lipinski definition) is 1. The van der Waals surface area contributed by atoms with Crippen LogP contribution in [0.3, 0.4) is 0 Å². The molecule has 12 nitrogen and oxygen atoms in total. The molecule has 0 spiro atoms. The van der Waals surface area contributed by atoms with Crippen molar-refractivity contribution in [1.82, 2.24) is 0 Å². The number of methoxy groups -OCH3 is 3. The Morgan fingerprint density at radius 3 is 2.13 bits per heavy atom. The first kappa shape index (κ1) is 28.8. The summed E-state index contributed by atoms with van der Waals surface area (Å²) in [5.41, 5.74) is 2.17. The van der Waals surface area contributed by atoms with Gasteiger partial charge in [-0.2, -0.15) is 0 Å². The monoisotopic (exact) mass is 616 g/mol. The summed E-state index contributed by atoms with van der Waals surface area (Å²) < 4.78 is 38.8. The van der Waals surface area contributed by atoms with E-state index in [0.717, 1.165) is 21.9 Å². The zero-order valence-electron chi connectivity index (χ0n) is 24.5. The number of benzene rings is 3. The number of esters is 2. The maximum Gasteiger partial charge on any atom is 0.309 e. The molecule has 45 heavy (non-hydrogen) atoms. The summed E-state index contributed by atoms with van der Waals surface area (Å²) in [5, 5.41) is 11.5. The van der Waals surface area contributed by atoms with Gasteiger partial charge in [0.1, 0.15) is 35.2 Å². The van der Waals surface area contributed by atoms with Gasteiger partial charge in [0.2, 0.25) is 0 Å². The fourth-order valence-electron chi connectivity index (χ4n) is 6.77. The molecule has 4 aliphatic heterocycles. The lowest BCUT2D eigenvalue weighted by Gasteiger charge is -2.31. The molecule has 232 valence electrons. The molecule has 0 aromatic heterocycles. The van der Waals surface area contributed by atoms with Crippen LogP contribution in [0.1, 0.15) is 50.8 Å². The summed E-state index contributed by atoms with van der Waals surface area (Å²) in [6.45, 7) is 0.284. The number of rotatable bonds is 3. The molecule has 3 aromatic rings. The average molecular weight is 617 g/mol. The molecule has 0 unspecified atom stereocenters. The maximum atomic E-state index is 12.6. The third kappa shape index (κ3) is 4.35. The number of ketones is 2. The Hall–Kier alpha value is -4.94. The van der Waals surface area contributed by atoms with Gasteiger partial charge in [-0.3, -0.25) is 19.2 Å². The van der Waals surface area contributed by atoms with E-state index in [1.807, 2.05) is 18.2 Å². The van der Waals surface area contributed by atoms with E-state index < -0.39 is 30.1 Å². The van der Waals surface area contributed by atoms with Gasteiger partial charge in [0.25, 0.3) is 0 Å². The Kier molecular flexibility index (Phi) is 6.98. The molecule has 2 fully saturated rings. The van der Waals surface area contributed by atoms with Gasteiger partial charge in [-0.15, -0.1) is 0 Å². The fraction of sp³-hybridized carbons (Fsp3) is 0.333. The van der Waals surface area contributed by atoms with Crippen LogP contribution in [-0.4, -0.2) is 74.9 Å². The standard InChI is InChI=1S/C18H18O6.C15H10O6/c1-20-11-6-4-5-9-14(11)17(22-3)10-8-23-12-7-13(19)24-18(12)15(10)16(9)21-2;16-8-3-1-2-6-11(8)14(19)7-5-20-9-4-10(17)21-15(9)12(7)13(6)18/h4-6,12,18H,7-8H2,1-3H3;1-3,9,15-16H,4-5H2/t12-,18+;9-,15+/m11/s1. The summed E-state index contributed by atoms with van der Waals surface area (Å²) >= 11 is 0. The minimum atomic E-state index is -0.826. The molecule has 12 heteroatoms. The second kappa shape index (κ2) is 10.9. The van der Waals surface area contributed by atoms with Gasteiger partial charge in [-0.1, -0.05) is 24.3 Å². The smallest absolute Gasteiger partial charge is 0.309 e. The number of hydrogen-bond acceptors (Lipinski definition) is 12. The average Bonchev–Trinajstić information content (AvgIpc) is 3.62. The quantitative estimate of drug-likeness (QED) is 0.428. The predicted molar refractivity (Wildman–Crippen MR) is 154 cm³/mol. The number of carbonyl (C=O) groups excluding carboxylic acids is 4. The molecule has 8 rings (SSSR count). The second-order valence-corrected chi connectivity index (χ2v) is 11.0. The van der Waals surface area contributed by atoms with Gasteiger partial charge in [0.15, 0.2) is 23.8 Å². The van der Waals surface area contributed by atoms with Crippen LogP contribution >= 0.6 is 0 Å². The highest BCUT2D eigenvalue weighted by atomic mass is 16.6. The summed E-state index contributed by atoms with van der Waals surface area (Å²) in [5.74, 6) is 0.263. The van der Waals surface area contributed by atoms with Crippen LogP contribution in [0.2, 0.25) is 0 Å². The SMILES string of the molecule is COc1c2c(c(OC)c3c(OC)cccc13)CO[C@@H]1CC(=O)O[C@H]21.O=C1C[C@H]2OCC3=C(C(=O)c4cccc(O)c4C3=O)[C@H]2O1. The van der Waals surface area contributed by atoms with Crippen LogP contribution in [0.25, 0.3) is 10.8 Å². The Morgan fingerprint density at radius 2 is 1.42 bits per heavy atom. The number of fused-ring (bicyclic) bond motifs is 7. The third-order valence-electron chi connectivity index (χ3n) is 8.71. The normalized spacial score (nSPS) is 24.3. The van der Waals surface area contributed by atoms with Crippen molar-refractivity contribution in [3.63, 3.8) is 0 Å². The van der Waals surface area contributed by atoms with E-state index in [1.54, 1.807) is 21.3 Å². The number of phenolic OH excluding ortho intramolecular Hbond substituents is 1. The van der Waals surface area contributed by atoms with Crippen LogP contribution < -0.4 is 14.2 Å². The molecule has 0 radical (unpaired) electrons. The van der Waals surface area contributed by atoms with Crippen molar-refractivity contribution in [2.24, 2.45) is 0 Å². The van der Waals surface area contributed by atoms with Crippen LogP contribution in [0.15, 0.2) is 47.5 Å². The van der Waals surface area contributed by atoms with E-state index in [1.165, 1.54) is 18.2 Å². The molecule has 2 saturated heterocycles. The molecular weight excluding hydrogens is 588 g/mol. The molecule has 3 aromatic carbocycles. The Balaban J connectivity index is 0.000000146. The van der Waals surface area contributed by atoms with E-state index in [2.05, 4.69) is 0 Å². The molecule has 1 aliphatic carbocycles. The summed E-state index contributed by atoms with van der Waals surface area (Å²) in [4.78, 5) is 48.3. The Bertz CT molecular complexity index is 1840. The summed E-state index contributed by atoms with van der Waals surface area (Å²) in [6, 6.07) is 10.1. The van der Waals surface area contributed by atoms with Crippen LogP contribution in [0.5, 0.6) is 23.0 Å². The van der Waals surface area contributed by atoms with Crippen molar-refractivity contribution >= 4 is 34.3 Å². The highest BCUT2D eigenvalue weighted by molar-refractivity contribution is 6.28. The lowest BCUT2D eigenvalue weighted by molar-refractivity contribution is -0.143. The Morgan fingerprint density at radius 1 is 0.756 bits per heavy atom. The highest BCUT2D eigenvalue weighted by Gasteiger charge is 2.49. The minimum Gasteiger partial charge on any atom is -0.507 e. The van der Waals surface area contributed by atoms with Crippen molar-refractivity contribution in [1.29, 1.82) is 0 Å². The van der Waals surface area contributed by atoms with E-state index in [9.17, 15) is 24.3 Å². The lowest BCUT2D eigenvalue weighted by atomic mass is 9.79. The zero-order chi connectivity index (χ0) is 31.6. The minimum absolute atomic E-state index is 0.00683. The summed E-state index contributed by atoms with van der Waals surface area (Å²) in [6.07, 6.45) is -1.77. The number of Topliss-reactive ketones (excluding diaryl/α,β-unsaturated/α-hetero) is 2. The third-order valence-corrected chi connectivity index (χ3v) is 8.71. The molecule has 1 N–H and O–H groups in total. The van der Waals surface area contributed by atoms with Crippen molar-refractivity contribution in [3.8, 4) is 23.0 Å². The first-order valence-electron chi connectivity index (χ1n) is 14.3. The first-order valence-corrected chi connectivity index (χ1v) is 14.3. The number of carbonyl (C=O) groups is 4. The van der Waals surface area contributed by atoms with Crippen LogP contribution in [0, 0.1) is 0 Å². The van der Waals surface area contributed by atoms with Crippen LogP contribution in [-0.2, 0) is 35.1 Å². The second-order valence-electron chi connectivity index (χ2n) is 11.0. The zero-order valence-corrected chi connectivity index (χ0v) is 24.5. The maximum absolute atomic E-state index is 12.6. The van der Waals surface area contributed by atoms with E-state index in [-0.39, 0.29) is 65.3 Å². The molecule has 0 bridgehead atoms. The highest BCUT2D eigenvalue weighted by Crippen LogP contribution is 2.52. The molecule has 4 atom stereocenters. The Labute approximate surface area is 256 Å². The van der Waals surface area contributed by atoms with Gasteiger partial charge in [0, 0.05) is 27.6 Å². The van der Waals surface area contributed by atoms with Gasteiger partial charge >= 0.3 is 11.9 Å². The topological polar surface area (TPSA) is 153 Å².